The molecular formula is C46H62N2S6. The third-order valence-corrected chi connectivity index (χ3v) is 18.1. The lowest BCUT2D eigenvalue weighted by atomic mass is 10.0. The van der Waals surface area contributed by atoms with Gasteiger partial charge in [-0.3, -0.25) is 0 Å². The maximum absolute atomic E-state index is 5.06. The Morgan fingerprint density at radius 1 is 0.407 bits per heavy atom. The Morgan fingerprint density at radius 2 is 0.852 bits per heavy atom. The number of nitrogens with zero attached hydrogens (tertiary/aromatic N) is 2. The van der Waals surface area contributed by atoms with E-state index >= 15 is 0 Å². The zero-order valence-electron chi connectivity index (χ0n) is 33.4. The van der Waals surface area contributed by atoms with Gasteiger partial charge in [0.1, 0.15) is 5.01 Å². The van der Waals surface area contributed by atoms with Crippen LogP contribution in [0.2, 0.25) is 0 Å². The summed E-state index contributed by atoms with van der Waals surface area (Å²) in [6.07, 6.45) is 34.2. The second kappa shape index (κ2) is 22.3. The minimum atomic E-state index is 1.16. The number of unbranched alkanes of at least 4 members (excludes halogenated alkanes) is 18. The van der Waals surface area contributed by atoms with Gasteiger partial charge in [0, 0.05) is 36.4 Å². The molecule has 6 aromatic rings. The van der Waals surface area contributed by atoms with Crippen molar-refractivity contribution in [3.05, 3.63) is 57.7 Å². The zero-order valence-corrected chi connectivity index (χ0v) is 38.3. The number of thiazole rings is 2. The van der Waals surface area contributed by atoms with Crippen LogP contribution in [0.1, 0.15) is 163 Å². The number of aryl methyl sites for hydroxylation is 4. The van der Waals surface area contributed by atoms with Crippen LogP contribution in [0.5, 0.6) is 0 Å². The van der Waals surface area contributed by atoms with Gasteiger partial charge in [0.15, 0.2) is 0 Å². The summed E-state index contributed by atoms with van der Waals surface area (Å²) in [5.41, 5.74) is 3.19. The van der Waals surface area contributed by atoms with Gasteiger partial charge in [-0.05, 0) is 74.9 Å². The highest BCUT2D eigenvalue weighted by Gasteiger charge is 2.24. The SMILES string of the molecule is CCCCCCCCCCCCc1c(-c2cnc(C)s2)sc2c(CCCCCCCCCCCC)c(-c3cnc(-c4ccc(-c5ccc(C)s5)s4)s3)sc12. The molecule has 0 N–H and O–H groups in total. The van der Waals surface area contributed by atoms with Crippen molar-refractivity contribution in [2.24, 2.45) is 0 Å². The van der Waals surface area contributed by atoms with E-state index in [0.717, 1.165) is 5.01 Å². The monoisotopic (exact) mass is 834 g/mol. The first-order valence-corrected chi connectivity index (χ1v) is 26.1. The van der Waals surface area contributed by atoms with Crippen LogP contribution in [0.25, 0.3) is 48.5 Å². The molecule has 0 bridgehead atoms. The summed E-state index contributed by atoms with van der Waals surface area (Å²) in [5, 5.41) is 2.32. The van der Waals surface area contributed by atoms with Gasteiger partial charge in [-0.2, -0.15) is 0 Å². The Balaban J connectivity index is 1.20. The summed E-state index contributed by atoms with van der Waals surface area (Å²) in [5.74, 6) is 0. The van der Waals surface area contributed by atoms with Crippen molar-refractivity contribution >= 4 is 77.4 Å². The Kier molecular flexibility index (Phi) is 17.3. The van der Waals surface area contributed by atoms with Gasteiger partial charge < -0.3 is 0 Å². The molecular weight excluding hydrogens is 773 g/mol. The summed E-state index contributed by atoms with van der Waals surface area (Å²) in [6, 6.07) is 9.05. The minimum Gasteiger partial charge on any atom is -0.249 e. The standard InChI is InChI=1S/C46H62N2S6/c1-5-7-9-11-13-15-17-19-21-23-25-35-42(40-31-47-34(4)50-40)53-45-36(26-24-22-20-18-16-14-12-10-8-6-2)43(54-44(35)45)41-32-48-46(52-41)39-30-29-38(51-39)37-28-27-33(3)49-37/h27-32H,5-26H2,1-4H3. The molecule has 6 heterocycles. The zero-order chi connectivity index (χ0) is 37.5. The van der Waals surface area contributed by atoms with Crippen molar-refractivity contribution in [1.29, 1.82) is 0 Å². The first kappa shape index (κ1) is 41.9. The Bertz CT molecular complexity index is 1960. The molecule has 0 atom stereocenters. The minimum absolute atomic E-state index is 1.16. The summed E-state index contributed by atoms with van der Waals surface area (Å²) < 4.78 is 3.10. The highest BCUT2D eigenvalue weighted by molar-refractivity contribution is 7.34. The maximum Gasteiger partial charge on any atom is 0.133 e. The number of thiophene rings is 4. The van der Waals surface area contributed by atoms with Crippen molar-refractivity contribution in [3.8, 4) is 39.1 Å². The molecule has 6 aromatic heterocycles. The van der Waals surface area contributed by atoms with Crippen LogP contribution in [0, 0.1) is 13.8 Å². The van der Waals surface area contributed by atoms with E-state index in [2.05, 4.69) is 87.0 Å². The average Bonchev–Trinajstić information content (AvgIpc) is 4.02. The normalized spacial score (nSPS) is 11.9. The van der Waals surface area contributed by atoms with Gasteiger partial charge >= 0.3 is 0 Å². The summed E-state index contributed by atoms with van der Waals surface area (Å²) in [6.45, 7) is 8.96. The molecule has 6 rings (SSSR count). The predicted octanol–water partition coefficient (Wildman–Crippen LogP) is 18.2. The smallest absolute Gasteiger partial charge is 0.133 e. The molecule has 0 aromatic carbocycles. The molecule has 0 amide bonds. The van der Waals surface area contributed by atoms with Gasteiger partial charge in [-0.15, -0.1) is 68.0 Å². The second-order valence-corrected chi connectivity index (χ2v) is 21.9. The van der Waals surface area contributed by atoms with Gasteiger partial charge in [0.2, 0.25) is 0 Å². The number of aromatic nitrogens is 2. The van der Waals surface area contributed by atoms with Crippen LogP contribution in [0.3, 0.4) is 0 Å². The van der Waals surface area contributed by atoms with E-state index in [0.29, 0.717) is 0 Å². The fourth-order valence-electron chi connectivity index (χ4n) is 7.57. The second-order valence-electron chi connectivity index (χ2n) is 15.2. The van der Waals surface area contributed by atoms with Crippen molar-refractivity contribution in [2.75, 3.05) is 0 Å². The molecule has 0 fully saturated rings. The van der Waals surface area contributed by atoms with Crippen molar-refractivity contribution in [1.82, 2.24) is 9.97 Å². The molecule has 0 radical (unpaired) electrons. The maximum atomic E-state index is 5.06. The summed E-state index contributed by atoms with van der Waals surface area (Å²) in [7, 11) is 0. The summed E-state index contributed by atoms with van der Waals surface area (Å²) >= 11 is 11.7. The van der Waals surface area contributed by atoms with Crippen LogP contribution < -0.4 is 0 Å². The van der Waals surface area contributed by atoms with Gasteiger partial charge in [-0.25, -0.2) is 9.97 Å². The predicted molar refractivity (Wildman–Crippen MR) is 249 cm³/mol. The lowest BCUT2D eigenvalue weighted by Gasteiger charge is -2.05. The van der Waals surface area contributed by atoms with Crippen LogP contribution in [-0.4, -0.2) is 9.97 Å². The number of fused-ring (bicyclic) bond motifs is 1. The Morgan fingerprint density at radius 3 is 1.33 bits per heavy atom. The first-order valence-electron chi connectivity index (χ1n) is 21.2. The molecule has 0 spiro atoms. The first-order chi connectivity index (χ1) is 26.6. The molecule has 0 aliphatic rings. The van der Waals surface area contributed by atoms with Crippen molar-refractivity contribution in [3.63, 3.8) is 0 Å². The highest BCUT2D eigenvalue weighted by atomic mass is 32.1. The van der Waals surface area contributed by atoms with E-state index in [9.17, 15) is 0 Å². The van der Waals surface area contributed by atoms with Crippen LogP contribution in [0.4, 0.5) is 0 Å². The molecule has 0 aliphatic carbocycles. The van der Waals surface area contributed by atoms with Crippen LogP contribution >= 0.6 is 68.0 Å². The molecule has 2 nitrogen and oxygen atoms in total. The third kappa shape index (κ3) is 11.7. The van der Waals surface area contributed by atoms with E-state index in [4.69, 9.17) is 9.97 Å². The fourth-order valence-corrected chi connectivity index (χ4v) is 14.6. The fraction of sp³-hybridized carbons (Fsp3) is 0.565. The van der Waals surface area contributed by atoms with E-state index in [1.54, 1.807) is 20.5 Å². The molecule has 0 aliphatic heterocycles. The summed E-state index contributed by atoms with van der Waals surface area (Å²) in [4.78, 5) is 20.8. The number of hydrogen-bond donors (Lipinski definition) is 0. The van der Waals surface area contributed by atoms with Gasteiger partial charge in [-0.1, -0.05) is 129 Å². The number of rotatable bonds is 26. The quantitative estimate of drug-likeness (QED) is 0.0509. The lowest BCUT2D eigenvalue weighted by Crippen LogP contribution is -1.87. The Hall–Kier alpha value is -1.68. The Labute approximate surface area is 350 Å². The molecule has 0 unspecified atom stereocenters. The molecule has 0 saturated carbocycles. The third-order valence-electron chi connectivity index (χ3n) is 10.6. The highest BCUT2D eigenvalue weighted by Crippen LogP contribution is 2.52. The molecule has 54 heavy (non-hydrogen) atoms. The van der Waals surface area contributed by atoms with E-state index in [1.165, 1.54) is 185 Å². The van der Waals surface area contributed by atoms with E-state index in [-0.39, 0.29) is 0 Å². The van der Waals surface area contributed by atoms with Crippen molar-refractivity contribution < 1.29 is 0 Å². The topological polar surface area (TPSA) is 25.8 Å². The van der Waals surface area contributed by atoms with Gasteiger partial charge in [0.25, 0.3) is 0 Å². The van der Waals surface area contributed by atoms with Crippen LogP contribution in [0.15, 0.2) is 36.7 Å². The molecule has 292 valence electrons. The molecule has 8 heteroatoms. The number of hydrogen-bond acceptors (Lipinski definition) is 8. The average molecular weight is 835 g/mol. The van der Waals surface area contributed by atoms with E-state index < -0.39 is 0 Å². The van der Waals surface area contributed by atoms with Gasteiger partial charge in [0.05, 0.1) is 29.4 Å². The lowest BCUT2D eigenvalue weighted by molar-refractivity contribution is 0.556. The molecule has 0 saturated heterocycles. The largest absolute Gasteiger partial charge is 0.249 e. The van der Waals surface area contributed by atoms with Crippen LogP contribution in [-0.2, 0) is 12.8 Å². The van der Waals surface area contributed by atoms with E-state index in [1.807, 2.05) is 45.3 Å². The van der Waals surface area contributed by atoms with Crippen molar-refractivity contribution in [2.45, 2.75) is 169 Å².